The van der Waals surface area contributed by atoms with Gasteiger partial charge in [0.2, 0.25) is 0 Å². The maximum Gasteiger partial charge on any atom is 0.306 e. The Bertz CT molecular complexity index is 387. The maximum absolute atomic E-state index is 11.8. The van der Waals surface area contributed by atoms with Crippen LogP contribution < -0.4 is 0 Å². The molecule has 0 atom stereocenters. The fourth-order valence-electron chi connectivity index (χ4n) is 1.89. The zero-order valence-electron chi connectivity index (χ0n) is 10.7. The van der Waals surface area contributed by atoms with E-state index in [0.717, 1.165) is 6.42 Å². The molecule has 1 rings (SSSR count). The molecular weight excluding hydrogens is 232 g/mol. The van der Waals surface area contributed by atoms with Gasteiger partial charge in [0.15, 0.2) is 5.78 Å². The zero-order valence-corrected chi connectivity index (χ0v) is 10.7. The number of terminal acetylenes is 1. The van der Waals surface area contributed by atoms with E-state index in [0.29, 0.717) is 37.2 Å². The Hall–Kier alpha value is -1.76. The third-order valence-electron chi connectivity index (χ3n) is 2.70. The molecular formula is C14H18O4. The molecule has 1 aliphatic carbocycles. The number of carbonyl (C=O) groups excluding carboxylic acids is 2. The van der Waals surface area contributed by atoms with Gasteiger partial charge in [0.25, 0.3) is 0 Å². The van der Waals surface area contributed by atoms with Crippen LogP contribution in [0.5, 0.6) is 0 Å². The molecule has 4 nitrogen and oxygen atoms in total. The van der Waals surface area contributed by atoms with Crippen molar-refractivity contribution in [2.45, 2.75) is 39.0 Å². The smallest absolute Gasteiger partial charge is 0.306 e. The Labute approximate surface area is 107 Å². The van der Waals surface area contributed by atoms with Crippen molar-refractivity contribution in [2.24, 2.45) is 0 Å². The lowest BCUT2D eigenvalue weighted by Crippen LogP contribution is -2.15. The van der Waals surface area contributed by atoms with Crippen LogP contribution in [0.1, 0.15) is 39.0 Å². The Morgan fingerprint density at radius 3 is 2.89 bits per heavy atom. The topological polar surface area (TPSA) is 52.6 Å². The van der Waals surface area contributed by atoms with E-state index in [9.17, 15) is 9.59 Å². The van der Waals surface area contributed by atoms with Gasteiger partial charge in [-0.25, -0.2) is 0 Å². The minimum atomic E-state index is -0.292. The summed E-state index contributed by atoms with van der Waals surface area (Å²) in [7, 11) is 0. The number of Topliss-reactive ketones (excluding diaryl/α,β-unsaturated/α-hetero) is 1. The second-order valence-corrected chi connectivity index (χ2v) is 3.98. The second-order valence-electron chi connectivity index (χ2n) is 3.98. The predicted octanol–water partition coefficient (Wildman–Crippen LogP) is 1.99. The molecule has 0 N–H and O–H groups in total. The number of rotatable bonds is 6. The minimum Gasteiger partial charge on any atom is -0.485 e. The summed E-state index contributed by atoms with van der Waals surface area (Å²) in [6.45, 7) is 2.27. The molecule has 0 saturated carbocycles. The first-order valence-electron chi connectivity index (χ1n) is 6.16. The highest BCUT2D eigenvalue weighted by Gasteiger charge is 2.22. The largest absolute Gasteiger partial charge is 0.485 e. The normalized spacial score (nSPS) is 15.2. The molecule has 0 heterocycles. The van der Waals surface area contributed by atoms with Gasteiger partial charge in [0.1, 0.15) is 12.4 Å². The summed E-state index contributed by atoms with van der Waals surface area (Å²) in [5, 5.41) is 0. The predicted molar refractivity (Wildman–Crippen MR) is 66.5 cm³/mol. The first-order chi connectivity index (χ1) is 8.69. The highest BCUT2D eigenvalue weighted by atomic mass is 16.5. The summed E-state index contributed by atoms with van der Waals surface area (Å²) >= 11 is 0. The van der Waals surface area contributed by atoms with Crippen LogP contribution in [-0.4, -0.2) is 25.0 Å². The third-order valence-corrected chi connectivity index (χ3v) is 2.70. The van der Waals surface area contributed by atoms with Gasteiger partial charge in [-0.05, 0) is 19.8 Å². The molecule has 98 valence electrons. The van der Waals surface area contributed by atoms with Crippen LogP contribution >= 0.6 is 0 Å². The zero-order chi connectivity index (χ0) is 13.4. The molecule has 0 spiro atoms. The van der Waals surface area contributed by atoms with Crippen LogP contribution in [0.4, 0.5) is 0 Å². The standard InChI is InChI=1S/C14H18O4/c1-3-10-18-13-7-5-6-12(15)11(13)8-9-14(16)17-4-2/h1H,4-10H2,2H3. The lowest BCUT2D eigenvalue weighted by molar-refractivity contribution is -0.143. The number of carbonyl (C=O) groups is 2. The Balaban J connectivity index is 2.65. The van der Waals surface area contributed by atoms with E-state index >= 15 is 0 Å². The number of ether oxygens (including phenoxy) is 2. The van der Waals surface area contributed by atoms with Crippen LogP contribution in [0.25, 0.3) is 0 Å². The maximum atomic E-state index is 11.8. The van der Waals surface area contributed by atoms with Crippen LogP contribution in [-0.2, 0) is 19.1 Å². The highest BCUT2D eigenvalue weighted by Crippen LogP contribution is 2.26. The molecule has 4 heteroatoms. The molecule has 0 aliphatic heterocycles. The summed E-state index contributed by atoms with van der Waals surface area (Å²) in [6, 6.07) is 0. The van der Waals surface area contributed by atoms with Gasteiger partial charge in [-0.15, -0.1) is 6.42 Å². The van der Waals surface area contributed by atoms with Gasteiger partial charge in [0, 0.05) is 24.8 Å². The second kappa shape index (κ2) is 7.54. The van der Waals surface area contributed by atoms with E-state index in [-0.39, 0.29) is 24.8 Å². The molecule has 0 aromatic carbocycles. The Morgan fingerprint density at radius 2 is 2.22 bits per heavy atom. The van der Waals surface area contributed by atoms with E-state index in [1.54, 1.807) is 6.92 Å². The lowest BCUT2D eigenvalue weighted by Gasteiger charge is -2.18. The molecule has 0 fully saturated rings. The molecule has 0 amide bonds. The van der Waals surface area contributed by atoms with Crippen LogP contribution in [0.3, 0.4) is 0 Å². The SMILES string of the molecule is C#CCOC1=C(CCC(=O)OCC)C(=O)CCC1. The fraction of sp³-hybridized carbons (Fsp3) is 0.571. The van der Waals surface area contributed by atoms with Crippen LogP contribution in [0, 0.1) is 12.3 Å². The van der Waals surface area contributed by atoms with E-state index < -0.39 is 0 Å². The first kappa shape index (κ1) is 14.3. The van der Waals surface area contributed by atoms with E-state index in [4.69, 9.17) is 15.9 Å². The van der Waals surface area contributed by atoms with Gasteiger partial charge in [0.05, 0.1) is 6.61 Å². The van der Waals surface area contributed by atoms with Crippen molar-refractivity contribution < 1.29 is 19.1 Å². The lowest BCUT2D eigenvalue weighted by atomic mass is 9.93. The molecule has 0 bridgehead atoms. The van der Waals surface area contributed by atoms with Crippen molar-refractivity contribution in [3.8, 4) is 12.3 Å². The molecule has 1 aliphatic rings. The van der Waals surface area contributed by atoms with Gasteiger partial charge < -0.3 is 9.47 Å². The van der Waals surface area contributed by atoms with Crippen molar-refractivity contribution >= 4 is 11.8 Å². The summed E-state index contributed by atoms with van der Waals surface area (Å²) < 4.78 is 10.2. The van der Waals surface area contributed by atoms with Crippen molar-refractivity contribution in [2.75, 3.05) is 13.2 Å². The van der Waals surface area contributed by atoms with Crippen molar-refractivity contribution in [1.29, 1.82) is 0 Å². The number of esters is 1. The van der Waals surface area contributed by atoms with E-state index in [1.807, 2.05) is 0 Å². The number of ketones is 1. The van der Waals surface area contributed by atoms with E-state index in [1.165, 1.54) is 0 Å². The van der Waals surface area contributed by atoms with Crippen LogP contribution in [0.15, 0.2) is 11.3 Å². The summed E-state index contributed by atoms with van der Waals surface area (Å²) in [6.07, 6.45) is 7.72. The summed E-state index contributed by atoms with van der Waals surface area (Å²) in [5.74, 6) is 2.78. The monoisotopic (exact) mass is 250 g/mol. The summed E-state index contributed by atoms with van der Waals surface area (Å²) in [5.41, 5.74) is 0.601. The molecule has 18 heavy (non-hydrogen) atoms. The van der Waals surface area contributed by atoms with Crippen LogP contribution in [0.2, 0.25) is 0 Å². The molecule has 0 saturated heterocycles. The van der Waals surface area contributed by atoms with E-state index in [2.05, 4.69) is 5.92 Å². The van der Waals surface area contributed by atoms with Gasteiger partial charge in [-0.3, -0.25) is 9.59 Å². The average Bonchev–Trinajstić information content (AvgIpc) is 2.35. The minimum absolute atomic E-state index is 0.0533. The number of hydrogen-bond donors (Lipinski definition) is 0. The quantitative estimate of drug-likeness (QED) is 0.534. The number of hydrogen-bond acceptors (Lipinski definition) is 4. The number of allylic oxidation sites excluding steroid dienone is 2. The Kier molecular flexibility index (Phi) is 5.99. The van der Waals surface area contributed by atoms with Gasteiger partial charge in [-0.2, -0.15) is 0 Å². The first-order valence-corrected chi connectivity index (χ1v) is 6.16. The van der Waals surface area contributed by atoms with Crippen molar-refractivity contribution in [3.05, 3.63) is 11.3 Å². The molecule has 0 radical (unpaired) electrons. The van der Waals surface area contributed by atoms with Gasteiger partial charge >= 0.3 is 5.97 Å². The molecule has 0 unspecified atom stereocenters. The van der Waals surface area contributed by atoms with Gasteiger partial charge in [-0.1, -0.05) is 5.92 Å². The molecule has 0 aromatic heterocycles. The van der Waals surface area contributed by atoms with Crippen molar-refractivity contribution in [3.63, 3.8) is 0 Å². The highest BCUT2D eigenvalue weighted by molar-refractivity contribution is 5.97. The third kappa shape index (κ3) is 4.25. The average molecular weight is 250 g/mol. The molecule has 0 aromatic rings. The Morgan fingerprint density at radius 1 is 1.44 bits per heavy atom. The fourth-order valence-corrected chi connectivity index (χ4v) is 1.89. The van der Waals surface area contributed by atoms with Crippen molar-refractivity contribution in [1.82, 2.24) is 0 Å². The summed E-state index contributed by atoms with van der Waals surface area (Å²) in [4.78, 5) is 23.1.